The summed E-state index contributed by atoms with van der Waals surface area (Å²) in [7, 11) is 1.87. The van der Waals surface area contributed by atoms with Crippen molar-refractivity contribution in [1.82, 2.24) is 35.4 Å². The fourth-order valence-corrected chi connectivity index (χ4v) is 2.01. The Morgan fingerprint density at radius 2 is 2.40 bits per heavy atom. The molecule has 0 bridgehead atoms. The van der Waals surface area contributed by atoms with Crippen molar-refractivity contribution in [2.45, 2.75) is 12.5 Å². The van der Waals surface area contributed by atoms with Crippen molar-refractivity contribution in [2.24, 2.45) is 7.05 Å². The lowest BCUT2D eigenvalue weighted by molar-refractivity contribution is 0.0949. The van der Waals surface area contributed by atoms with Gasteiger partial charge in [0.15, 0.2) is 5.69 Å². The smallest absolute Gasteiger partial charge is 0.273 e. The van der Waals surface area contributed by atoms with Gasteiger partial charge in [-0.1, -0.05) is 5.21 Å². The van der Waals surface area contributed by atoms with E-state index in [0.717, 1.165) is 18.8 Å². The molecule has 0 atom stereocenters. The first-order valence-corrected chi connectivity index (χ1v) is 6.61. The molecule has 1 amide bonds. The molecule has 3 heterocycles. The molecule has 20 heavy (non-hydrogen) atoms. The van der Waals surface area contributed by atoms with Gasteiger partial charge in [0.05, 0.1) is 17.9 Å². The highest BCUT2D eigenvalue weighted by molar-refractivity contribution is 5.91. The molecule has 3 rings (SSSR count). The van der Waals surface area contributed by atoms with E-state index in [1.54, 1.807) is 15.6 Å². The monoisotopic (exact) mass is 275 g/mol. The first-order chi connectivity index (χ1) is 9.72. The summed E-state index contributed by atoms with van der Waals surface area (Å²) in [5.74, 6) is -0.195. The number of aryl methyl sites for hydroxylation is 1. The van der Waals surface area contributed by atoms with E-state index in [4.69, 9.17) is 0 Å². The van der Waals surface area contributed by atoms with Gasteiger partial charge in [0.1, 0.15) is 0 Å². The van der Waals surface area contributed by atoms with Crippen molar-refractivity contribution in [3.63, 3.8) is 0 Å². The molecule has 1 saturated heterocycles. The lowest BCUT2D eigenvalue weighted by Crippen LogP contribution is -2.43. The number of amides is 1. The quantitative estimate of drug-likeness (QED) is 0.740. The summed E-state index contributed by atoms with van der Waals surface area (Å²) >= 11 is 0. The van der Waals surface area contributed by atoms with Crippen LogP contribution in [0, 0.1) is 0 Å². The molecule has 0 saturated carbocycles. The fourth-order valence-electron chi connectivity index (χ4n) is 2.01. The second kappa shape index (κ2) is 5.41. The summed E-state index contributed by atoms with van der Waals surface area (Å²) in [5.41, 5.74) is 1.31. The van der Waals surface area contributed by atoms with E-state index < -0.39 is 0 Å². The Kier molecular flexibility index (Phi) is 3.46. The Morgan fingerprint density at radius 3 is 3.05 bits per heavy atom. The van der Waals surface area contributed by atoms with Gasteiger partial charge in [0.25, 0.3) is 5.91 Å². The zero-order chi connectivity index (χ0) is 13.9. The Labute approximate surface area is 116 Å². The molecule has 0 radical (unpaired) electrons. The Balaban J connectivity index is 1.49. The van der Waals surface area contributed by atoms with Crippen molar-refractivity contribution in [3.05, 3.63) is 29.8 Å². The number of nitrogens with one attached hydrogen (secondary N) is 2. The van der Waals surface area contributed by atoms with E-state index in [9.17, 15) is 4.79 Å². The van der Waals surface area contributed by atoms with Crippen molar-refractivity contribution in [3.8, 4) is 0 Å². The third-order valence-electron chi connectivity index (χ3n) is 3.31. The molecule has 2 N–H and O–H groups in total. The second-order valence-corrected chi connectivity index (χ2v) is 4.88. The second-order valence-electron chi connectivity index (χ2n) is 4.88. The minimum absolute atomic E-state index is 0.195. The first-order valence-electron chi connectivity index (χ1n) is 6.61. The van der Waals surface area contributed by atoms with E-state index in [0.29, 0.717) is 24.7 Å². The number of rotatable bonds is 5. The van der Waals surface area contributed by atoms with E-state index >= 15 is 0 Å². The van der Waals surface area contributed by atoms with Gasteiger partial charge in [-0.15, -0.1) is 5.10 Å². The molecule has 106 valence electrons. The first kappa shape index (κ1) is 12.8. The molecule has 0 aromatic carbocycles. The van der Waals surface area contributed by atoms with Gasteiger partial charge in [-0.05, 0) is 6.07 Å². The summed E-state index contributed by atoms with van der Waals surface area (Å²) in [5, 5.41) is 18.1. The molecule has 1 aliphatic rings. The molecular weight excluding hydrogens is 258 g/mol. The number of aromatic nitrogens is 5. The minimum atomic E-state index is -0.195. The van der Waals surface area contributed by atoms with Crippen molar-refractivity contribution < 1.29 is 4.79 Å². The van der Waals surface area contributed by atoms with Crippen LogP contribution in [0.2, 0.25) is 0 Å². The Hall–Kier alpha value is -2.22. The highest BCUT2D eigenvalue weighted by atomic mass is 16.2. The van der Waals surface area contributed by atoms with Gasteiger partial charge in [-0.25, -0.2) is 4.68 Å². The maximum atomic E-state index is 11.9. The lowest BCUT2D eigenvalue weighted by Gasteiger charge is -2.26. The summed E-state index contributed by atoms with van der Waals surface area (Å²) in [4.78, 5) is 11.9. The normalized spacial score (nSPS) is 15.1. The van der Waals surface area contributed by atoms with Gasteiger partial charge in [0, 0.05) is 39.3 Å². The van der Waals surface area contributed by atoms with E-state index in [1.807, 2.05) is 19.3 Å². The number of nitrogens with zero attached hydrogens (tertiary/aromatic N) is 5. The number of carbonyl (C=O) groups excluding carboxylic acids is 1. The minimum Gasteiger partial charge on any atom is -0.350 e. The number of hydrogen-bond donors (Lipinski definition) is 2. The van der Waals surface area contributed by atoms with Crippen LogP contribution in [0.3, 0.4) is 0 Å². The molecule has 8 nitrogen and oxygen atoms in total. The molecule has 1 fully saturated rings. The van der Waals surface area contributed by atoms with Crippen molar-refractivity contribution in [2.75, 3.05) is 19.6 Å². The van der Waals surface area contributed by atoms with Gasteiger partial charge in [-0.2, -0.15) is 5.10 Å². The van der Waals surface area contributed by atoms with Crippen molar-refractivity contribution in [1.29, 1.82) is 0 Å². The highest BCUT2D eigenvalue weighted by Gasteiger charge is 2.21. The predicted molar refractivity (Wildman–Crippen MR) is 71.2 cm³/mol. The van der Waals surface area contributed by atoms with Crippen LogP contribution in [0.5, 0.6) is 0 Å². The lowest BCUT2D eigenvalue weighted by atomic mass is 10.2. The molecule has 0 aliphatic carbocycles. The van der Waals surface area contributed by atoms with Crippen LogP contribution in [0.25, 0.3) is 0 Å². The fraction of sp³-hybridized carbons (Fsp3) is 0.500. The molecule has 2 aromatic rings. The molecule has 0 unspecified atom stereocenters. The molecule has 0 spiro atoms. The van der Waals surface area contributed by atoms with E-state index in [1.165, 1.54) is 0 Å². The average Bonchev–Trinajstić information content (AvgIpc) is 2.97. The largest absolute Gasteiger partial charge is 0.350 e. The summed E-state index contributed by atoms with van der Waals surface area (Å²) in [6.07, 6.45) is 4.28. The van der Waals surface area contributed by atoms with Crippen LogP contribution in [-0.2, 0) is 13.5 Å². The third-order valence-corrected chi connectivity index (χ3v) is 3.31. The van der Waals surface area contributed by atoms with E-state index in [-0.39, 0.29) is 5.91 Å². The predicted octanol–water partition coefficient (Wildman–Crippen LogP) is -0.872. The van der Waals surface area contributed by atoms with Gasteiger partial charge >= 0.3 is 0 Å². The Bertz CT molecular complexity index is 598. The highest BCUT2D eigenvalue weighted by Crippen LogP contribution is 2.09. The van der Waals surface area contributed by atoms with Crippen LogP contribution in [0.15, 0.2) is 18.5 Å². The summed E-state index contributed by atoms with van der Waals surface area (Å²) < 4.78 is 3.49. The molecule has 8 heteroatoms. The summed E-state index contributed by atoms with van der Waals surface area (Å²) in [6.45, 7) is 2.29. The molecule has 1 aliphatic heterocycles. The zero-order valence-corrected chi connectivity index (χ0v) is 11.3. The Morgan fingerprint density at radius 1 is 1.55 bits per heavy atom. The van der Waals surface area contributed by atoms with Crippen LogP contribution in [-0.4, -0.2) is 50.3 Å². The number of hydrogen-bond acceptors (Lipinski definition) is 5. The summed E-state index contributed by atoms with van der Waals surface area (Å²) in [6, 6.07) is 2.25. The maximum absolute atomic E-state index is 11.9. The van der Waals surface area contributed by atoms with E-state index in [2.05, 4.69) is 26.0 Å². The maximum Gasteiger partial charge on any atom is 0.273 e. The van der Waals surface area contributed by atoms with Gasteiger partial charge in [0.2, 0.25) is 0 Å². The molecule has 2 aromatic heterocycles. The topological polar surface area (TPSA) is 89.7 Å². The van der Waals surface area contributed by atoms with Crippen molar-refractivity contribution >= 4 is 5.91 Å². The number of carbonyl (C=O) groups is 1. The van der Waals surface area contributed by atoms with Crippen LogP contribution in [0.4, 0.5) is 0 Å². The third kappa shape index (κ3) is 2.69. The van der Waals surface area contributed by atoms with Gasteiger partial charge < -0.3 is 10.6 Å². The van der Waals surface area contributed by atoms with Gasteiger partial charge in [-0.3, -0.25) is 9.48 Å². The standard InChI is InChI=1S/C12H17N7O/c1-18-5-3-9(16-18)2-4-14-12(20)11-8-19(17-15-11)10-6-13-7-10/h3,5,8,10,13H,2,4,6-7H2,1H3,(H,14,20). The SMILES string of the molecule is Cn1ccc(CCNC(=O)c2cn(C3CNC3)nn2)n1. The zero-order valence-electron chi connectivity index (χ0n) is 11.3. The molecular formula is C12H17N7O. The van der Waals surface area contributed by atoms with Crippen LogP contribution < -0.4 is 10.6 Å². The van der Waals surface area contributed by atoms with Crippen LogP contribution in [0.1, 0.15) is 22.2 Å². The average molecular weight is 275 g/mol. The van der Waals surface area contributed by atoms with Crippen LogP contribution >= 0.6 is 0 Å².